The molecular weight excluding hydrogens is 252 g/mol. The maximum absolute atomic E-state index is 11.9. The summed E-state index contributed by atoms with van der Waals surface area (Å²) in [6.45, 7) is 3.24. The first-order chi connectivity index (χ1) is 8.58. The fourth-order valence-corrected chi connectivity index (χ4v) is 2.58. The van der Waals surface area contributed by atoms with Crippen molar-refractivity contribution < 1.29 is 8.42 Å². The maximum Gasteiger partial charge on any atom is 0.215 e. The highest BCUT2D eigenvalue weighted by atomic mass is 32.2. The molecule has 7 heteroatoms. The van der Waals surface area contributed by atoms with Gasteiger partial charge in [0.25, 0.3) is 0 Å². The van der Waals surface area contributed by atoms with Gasteiger partial charge in [-0.1, -0.05) is 0 Å². The molecule has 1 saturated carbocycles. The highest BCUT2D eigenvalue weighted by Crippen LogP contribution is 2.18. The molecule has 0 aliphatic heterocycles. The van der Waals surface area contributed by atoms with Crippen LogP contribution < -0.4 is 10.0 Å². The summed E-state index contributed by atoms with van der Waals surface area (Å²) in [5, 5.41) is 2.83. The maximum atomic E-state index is 11.9. The number of rotatable bonds is 8. The fourth-order valence-electron chi connectivity index (χ4n) is 1.61. The van der Waals surface area contributed by atoms with Gasteiger partial charge in [0.2, 0.25) is 10.0 Å². The normalized spacial score (nSPS) is 17.8. The Kier molecular flexibility index (Phi) is 4.36. The second kappa shape index (κ2) is 5.81. The van der Waals surface area contributed by atoms with Gasteiger partial charge in [-0.15, -0.1) is 0 Å². The van der Waals surface area contributed by atoms with Gasteiger partial charge in [0.15, 0.2) is 0 Å². The number of hydrogen-bond acceptors (Lipinski definition) is 4. The monoisotopic (exact) mass is 272 g/mol. The molecule has 1 aromatic heterocycles. The number of hydrogen-bond donors (Lipinski definition) is 2. The van der Waals surface area contributed by atoms with Crippen LogP contribution in [0, 0.1) is 0 Å². The van der Waals surface area contributed by atoms with E-state index >= 15 is 0 Å². The summed E-state index contributed by atoms with van der Waals surface area (Å²) in [7, 11) is -3.23. The predicted molar refractivity (Wildman–Crippen MR) is 69.6 cm³/mol. The second-order valence-electron chi connectivity index (χ2n) is 4.73. The largest absolute Gasteiger partial charge is 0.336 e. The SMILES string of the molecule is CC(CNC1CC1)S(=O)(=O)NCCn1ccnc1. The van der Waals surface area contributed by atoms with Crippen molar-refractivity contribution in [2.45, 2.75) is 37.6 Å². The van der Waals surface area contributed by atoms with Crippen molar-refractivity contribution in [3.63, 3.8) is 0 Å². The first-order valence-electron chi connectivity index (χ1n) is 6.25. The van der Waals surface area contributed by atoms with Crippen LogP contribution in [0.1, 0.15) is 19.8 Å². The molecule has 1 fully saturated rings. The summed E-state index contributed by atoms with van der Waals surface area (Å²) in [6.07, 6.45) is 7.50. The zero-order chi connectivity index (χ0) is 13.0. The second-order valence-corrected chi connectivity index (χ2v) is 6.92. The van der Waals surface area contributed by atoms with Crippen LogP contribution >= 0.6 is 0 Å². The molecule has 2 N–H and O–H groups in total. The highest BCUT2D eigenvalue weighted by Gasteiger charge is 2.25. The molecule has 1 aliphatic carbocycles. The van der Waals surface area contributed by atoms with Crippen LogP contribution in [0.4, 0.5) is 0 Å². The summed E-state index contributed by atoms with van der Waals surface area (Å²) in [4.78, 5) is 3.90. The number of imidazole rings is 1. The first-order valence-corrected chi connectivity index (χ1v) is 7.80. The number of nitrogens with one attached hydrogen (secondary N) is 2. The molecule has 0 radical (unpaired) electrons. The molecule has 0 aromatic carbocycles. The van der Waals surface area contributed by atoms with Gasteiger partial charge < -0.3 is 9.88 Å². The van der Waals surface area contributed by atoms with Gasteiger partial charge in [0, 0.05) is 38.1 Å². The van der Waals surface area contributed by atoms with Crippen molar-refractivity contribution in [3.05, 3.63) is 18.7 Å². The Bertz CT molecular complexity index is 453. The van der Waals surface area contributed by atoms with Crippen LogP contribution in [0.3, 0.4) is 0 Å². The Hall–Kier alpha value is -0.920. The summed E-state index contributed by atoms with van der Waals surface area (Å²) < 4.78 is 28.3. The Morgan fingerprint density at radius 2 is 2.28 bits per heavy atom. The van der Waals surface area contributed by atoms with Gasteiger partial charge in [-0.2, -0.15) is 0 Å². The third kappa shape index (κ3) is 4.08. The van der Waals surface area contributed by atoms with Crippen molar-refractivity contribution in [1.29, 1.82) is 0 Å². The Morgan fingerprint density at radius 1 is 1.50 bits per heavy atom. The minimum absolute atomic E-state index is 0.395. The van der Waals surface area contributed by atoms with Crippen molar-refractivity contribution in [1.82, 2.24) is 19.6 Å². The van der Waals surface area contributed by atoms with Gasteiger partial charge in [0.05, 0.1) is 11.6 Å². The fraction of sp³-hybridized carbons (Fsp3) is 0.727. The summed E-state index contributed by atoms with van der Waals surface area (Å²) in [5.41, 5.74) is 0. The van der Waals surface area contributed by atoms with Gasteiger partial charge in [-0.05, 0) is 19.8 Å². The van der Waals surface area contributed by atoms with Crippen molar-refractivity contribution in [2.24, 2.45) is 0 Å². The zero-order valence-corrected chi connectivity index (χ0v) is 11.4. The molecule has 1 atom stereocenters. The van der Waals surface area contributed by atoms with E-state index in [9.17, 15) is 8.42 Å². The standard InChI is InChI=1S/C11H20N4O2S/c1-10(8-13-11-2-3-11)18(16,17)14-5-7-15-6-4-12-9-15/h4,6,9-11,13-14H,2-3,5,7-8H2,1H3. The topological polar surface area (TPSA) is 76.0 Å². The van der Waals surface area contributed by atoms with E-state index in [2.05, 4.69) is 15.0 Å². The molecule has 6 nitrogen and oxygen atoms in total. The summed E-state index contributed by atoms with van der Waals surface area (Å²) in [5.74, 6) is 0. The molecule has 0 spiro atoms. The van der Waals surface area contributed by atoms with Crippen LogP contribution in [-0.2, 0) is 16.6 Å². The van der Waals surface area contributed by atoms with E-state index in [-0.39, 0.29) is 0 Å². The molecule has 1 unspecified atom stereocenters. The Labute approximate surface area is 108 Å². The first kappa shape index (κ1) is 13.5. The lowest BCUT2D eigenvalue weighted by molar-refractivity contribution is 0.550. The molecule has 1 aliphatic rings. The van der Waals surface area contributed by atoms with Gasteiger partial charge >= 0.3 is 0 Å². The third-order valence-electron chi connectivity index (χ3n) is 3.03. The number of nitrogens with zero attached hydrogens (tertiary/aromatic N) is 2. The Balaban J connectivity index is 1.71. The van der Waals surface area contributed by atoms with Crippen LogP contribution in [0.15, 0.2) is 18.7 Å². The van der Waals surface area contributed by atoms with Crippen molar-refractivity contribution >= 4 is 10.0 Å². The third-order valence-corrected chi connectivity index (χ3v) is 4.87. The van der Waals surface area contributed by atoms with Crippen LogP contribution in [0.25, 0.3) is 0 Å². The lowest BCUT2D eigenvalue weighted by Gasteiger charge is -2.14. The molecule has 0 bridgehead atoms. The highest BCUT2D eigenvalue weighted by molar-refractivity contribution is 7.90. The van der Waals surface area contributed by atoms with Gasteiger partial charge in [-0.25, -0.2) is 18.1 Å². The van der Waals surface area contributed by atoms with Crippen LogP contribution in [-0.4, -0.2) is 42.4 Å². The minimum atomic E-state index is -3.23. The average Bonchev–Trinajstić information content (AvgIpc) is 3.02. The summed E-state index contributed by atoms with van der Waals surface area (Å²) in [6, 6.07) is 0.536. The quantitative estimate of drug-likeness (QED) is 0.695. The number of sulfonamides is 1. The van der Waals surface area contributed by atoms with Crippen molar-refractivity contribution in [2.75, 3.05) is 13.1 Å². The smallest absolute Gasteiger partial charge is 0.215 e. The molecular formula is C11H20N4O2S. The van der Waals surface area contributed by atoms with E-state index in [1.54, 1.807) is 19.4 Å². The molecule has 1 heterocycles. The van der Waals surface area contributed by atoms with E-state index in [0.29, 0.717) is 25.7 Å². The average molecular weight is 272 g/mol. The van der Waals surface area contributed by atoms with E-state index < -0.39 is 15.3 Å². The lowest BCUT2D eigenvalue weighted by atomic mass is 10.4. The number of aromatic nitrogens is 2. The lowest BCUT2D eigenvalue weighted by Crippen LogP contribution is -2.40. The van der Waals surface area contributed by atoms with Gasteiger partial charge in [-0.3, -0.25) is 0 Å². The minimum Gasteiger partial charge on any atom is -0.336 e. The van der Waals surface area contributed by atoms with Gasteiger partial charge in [0.1, 0.15) is 0 Å². The molecule has 102 valence electrons. The van der Waals surface area contributed by atoms with E-state index in [1.165, 1.54) is 12.8 Å². The molecule has 18 heavy (non-hydrogen) atoms. The Morgan fingerprint density at radius 3 is 2.89 bits per heavy atom. The van der Waals surface area contributed by atoms with E-state index in [4.69, 9.17) is 0 Å². The molecule has 2 rings (SSSR count). The van der Waals surface area contributed by atoms with Crippen molar-refractivity contribution in [3.8, 4) is 0 Å². The van der Waals surface area contributed by atoms with E-state index in [0.717, 1.165) is 0 Å². The zero-order valence-electron chi connectivity index (χ0n) is 10.5. The van der Waals surface area contributed by atoms with Crippen LogP contribution in [0.5, 0.6) is 0 Å². The predicted octanol–water partition coefficient (Wildman–Crippen LogP) is -0.0570. The van der Waals surface area contributed by atoms with Crippen LogP contribution in [0.2, 0.25) is 0 Å². The summed E-state index contributed by atoms with van der Waals surface area (Å²) >= 11 is 0. The molecule has 1 aromatic rings. The molecule has 0 amide bonds. The molecule has 0 saturated heterocycles. The van der Waals surface area contributed by atoms with E-state index in [1.807, 2.05) is 10.8 Å².